The maximum Gasteiger partial charge on any atom is 0.0714 e. The van der Waals surface area contributed by atoms with Crippen molar-refractivity contribution in [1.29, 1.82) is 0 Å². The van der Waals surface area contributed by atoms with E-state index in [1.54, 1.807) is 24.3 Å². The van der Waals surface area contributed by atoms with E-state index in [1.807, 2.05) is 36.4 Å². The average Bonchev–Trinajstić information content (AvgIpc) is 3.60. The van der Waals surface area contributed by atoms with Crippen LogP contribution in [0.1, 0.15) is 55.5 Å². The molecule has 0 bridgehead atoms. The highest BCUT2D eigenvalue weighted by atomic mass is 15.1. The van der Waals surface area contributed by atoms with E-state index >= 15 is 0 Å². The van der Waals surface area contributed by atoms with Crippen molar-refractivity contribution in [2.45, 2.75) is 30.9 Å². The van der Waals surface area contributed by atoms with Crippen LogP contribution in [0.5, 0.6) is 0 Å². The Hall–Kier alpha value is -6.44. The first kappa shape index (κ1) is 24.0. The third-order valence-corrected chi connectivity index (χ3v) is 11.3. The van der Waals surface area contributed by atoms with Crippen molar-refractivity contribution in [2.24, 2.45) is 0 Å². The minimum atomic E-state index is -2.07. The first-order chi connectivity index (χ1) is 29.8. The van der Waals surface area contributed by atoms with Crippen LogP contribution in [-0.2, 0) is 30.9 Å². The maximum absolute atomic E-state index is 8.40. The third kappa shape index (κ3) is 4.78. The Kier molecular flexibility index (Phi) is 5.47. The van der Waals surface area contributed by atoms with Crippen molar-refractivity contribution < 1.29 is 11.0 Å². The van der Waals surface area contributed by atoms with Crippen molar-refractivity contribution in [3.63, 3.8) is 0 Å². The molecule has 0 fully saturated rings. The molecule has 54 heavy (non-hydrogen) atoms. The first-order valence-corrected chi connectivity index (χ1v) is 18.4. The van der Waals surface area contributed by atoms with E-state index in [9.17, 15) is 0 Å². The fourth-order valence-corrected chi connectivity index (χ4v) is 8.64. The van der Waals surface area contributed by atoms with Gasteiger partial charge in [0.1, 0.15) is 0 Å². The van der Waals surface area contributed by atoms with E-state index in [0.29, 0.717) is 22.3 Å². The van der Waals surface area contributed by atoms with Gasteiger partial charge in [-0.1, -0.05) is 152 Å². The molecule has 0 N–H and O–H groups in total. The first-order valence-electron chi connectivity index (χ1n) is 22.4. The largest absolute Gasteiger partial charge is 0.310 e. The molecule has 0 radical (unpaired) electrons. The molecule has 0 aliphatic heterocycles. The molecule has 256 valence electrons. The number of hydrogen-bond donors (Lipinski definition) is 0. The van der Waals surface area contributed by atoms with Crippen LogP contribution in [0.25, 0.3) is 33.4 Å². The van der Waals surface area contributed by atoms with Gasteiger partial charge in [-0.05, 0) is 140 Å². The van der Waals surface area contributed by atoms with Crippen molar-refractivity contribution in [3.05, 3.63) is 233 Å². The highest BCUT2D eigenvalue weighted by molar-refractivity contribution is 5.90. The van der Waals surface area contributed by atoms with Gasteiger partial charge < -0.3 is 4.90 Å². The van der Waals surface area contributed by atoms with Gasteiger partial charge in [-0.15, -0.1) is 0 Å². The predicted molar refractivity (Wildman–Crippen MR) is 224 cm³/mol. The molecule has 3 aliphatic carbocycles. The molecule has 11 rings (SSSR count). The Bertz CT molecular complexity index is 2910. The standard InChI is InChI=1S/C53H39N/c1-3-9-44(10-4-1)53(45-11-5-2-6-12-45)51-14-8-7-13-49(51)50-32-31-48(35-52(50)53)54(46-27-23-38(24-28-46)42-21-17-36-15-19-40(36)33-42)47-29-25-39(26-30-47)43-22-18-37-16-20-41(37)34-43/h1-14,17-18,21-35H,15-16,19-20H2/i15D2,16D2,19D2,20D2. The van der Waals surface area contributed by atoms with Gasteiger partial charge in [0.15, 0.2) is 0 Å². The second-order valence-electron chi connectivity index (χ2n) is 14.2. The van der Waals surface area contributed by atoms with Gasteiger partial charge in [-0.3, -0.25) is 0 Å². The second-order valence-corrected chi connectivity index (χ2v) is 14.2. The summed E-state index contributed by atoms with van der Waals surface area (Å²) in [4.78, 5) is 2.23. The lowest BCUT2D eigenvalue weighted by molar-refractivity contribution is 0.768. The Morgan fingerprint density at radius 3 is 1.35 bits per heavy atom. The zero-order valence-electron chi connectivity index (χ0n) is 37.3. The smallest absolute Gasteiger partial charge is 0.0714 e. The van der Waals surface area contributed by atoms with E-state index < -0.39 is 30.9 Å². The summed E-state index contributed by atoms with van der Waals surface area (Å²) in [5.74, 6) is 0. The molecule has 0 saturated heterocycles. The SMILES string of the molecule is [2H]C1([2H])c2ccc(-c3ccc(N(c4ccc(-c5ccc6c(c5)C([2H])([2H])C6([2H])[2H])cc4)c4ccc5c(c4)C(c4ccccc4)(c4ccccc4)c4ccccc4-5)cc3)cc2C1([2H])[2H]. The van der Waals surface area contributed by atoms with Crippen LogP contribution in [0.15, 0.2) is 188 Å². The normalized spacial score (nSPS) is 20.1. The fourth-order valence-electron chi connectivity index (χ4n) is 8.64. The lowest BCUT2D eigenvalue weighted by Gasteiger charge is -2.35. The molecule has 8 aromatic rings. The van der Waals surface area contributed by atoms with Gasteiger partial charge in [0.05, 0.1) is 5.41 Å². The Labute approximate surface area is 329 Å². The Morgan fingerprint density at radius 2 is 0.796 bits per heavy atom. The molecule has 1 heteroatoms. The monoisotopic (exact) mass is 697 g/mol. The van der Waals surface area contributed by atoms with E-state index in [2.05, 4.69) is 132 Å². The summed E-state index contributed by atoms with van der Waals surface area (Å²) in [5.41, 5.74) is 14.2. The van der Waals surface area contributed by atoms with Gasteiger partial charge in [-0.2, -0.15) is 0 Å². The van der Waals surface area contributed by atoms with Crippen LogP contribution < -0.4 is 4.90 Å². The molecular weight excluding hydrogens is 651 g/mol. The molecule has 8 aromatic carbocycles. The van der Waals surface area contributed by atoms with Gasteiger partial charge >= 0.3 is 0 Å². The van der Waals surface area contributed by atoms with Gasteiger partial charge in [0.25, 0.3) is 0 Å². The summed E-state index contributed by atoms with van der Waals surface area (Å²) in [6.07, 6.45) is -8.19. The molecule has 0 aromatic heterocycles. The predicted octanol–water partition coefficient (Wildman–Crippen LogP) is 13.1. The highest BCUT2D eigenvalue weighted by Gasteiger charge is 2.46. The van der Waals surface area contributed by atoms with Crippen molar-refractivity contribution in [1.82, 2.24) is 0 Å². The number of rotatable bonds is 7. The van der Waals surface area contributed by atoms with Gasteiger partial charge in [0, 0.05) is 28.0 Å². The van der Waals surface area contributed by atoms with E-state index in [0.717, 1.165) is 44.9 Å². The fraction of sp³-hybridized carbons (Fsp3) is 0.0943. The van der Waals surface area contributed by atoms with Crippen LogP contribution in [0.4, 0.5) is 17.1 Å². The van der Waals surface area contributed by atoms with Crippen LogP contribution in [-0.4, -0.2) is 0 Å². The summed E-state index contributed by atoms with van der Waals surface area (Å²) in [5, 5.41) is 0. The van der Waals surface area contributed by atoms with Crippen molar-refractivity contribution in [3.8, 4) is 33.4 Å². The number of hydrogen-bond acceptors (Lipinski definition) is 1. The molecule has 0 unspecified atom stereocenters. The molecule has 3 aliphatic rings. The topological polar surface area (TPSA) is 3.24 Å². The third-order valence-electron chi connectivity index (χ3n) is 11.3. The quantitative estimate of drug-likeness (QED) is 0.160. The number of anilines is 3. The van der Waals surface area contributed by atoms with Crippen LogP contribution in [0, 0.1) is 0 Å². The summed E-state index contributed by atoms with van der Waals surface area (Å²) < 4.78 is 66.6. The minimum Gasteiger partial charge on any atom is -0.310 e. The number of aryl methyl sites for hydroxylation is 4. The van der Waals surface area contributed by atoms with E-state index in [4.69, 9.17) is 11.0 Å². The number of benzene rings is 8. The molecule has 0 atom stereocenters. The molecule has 0 amide bonds. The molecule has 0 heterocycles. The summed E-state index contributed by atoms with van der Waals surface area (Å²) in [6.45, 7) is 0. The molecule has 0 spiro atoms. The zero-order chi connectivity index (χ0) is 42.8. The zero-order valence-corrected chi connectivity index (χ0v) is 29.3. The van der Waals surface area contributed by atoms with Gasteiger partial charge in [-0.25, -0.2) is 0 Å². The summed E-state index contributed by atoms with van der Waals surface area (Å²) in [7, 11) is 0. The molecule has 1 nitrogen and oxygen atoms in total. The average molecular weight is 698 g/mol. The number of nitrogens with zero attached hydrogens (tertiary/aromatic N) is 1. The summed E-state index contributed by atoms with van der Waals surface area (Å²) in [6, 6.07) is 63.8. The van der Waals surface area contributed by atoms with Crippen LogP contribution in [0.3, 0.4) is 0 Å². The highest BCUT2D eigenvalue weighted by Crippen LogP contribution is 2.57. The second kappa shape index (κ2) is 12.3. The minimum absolute atomic E-state index is 0.382. The van der Waals surface area contributed by atoms with Crippen LogP contribution >= 0.6 is 0 Å². The van der Waals surface area contributed by atoms with Gasteiger partial charge in [0.2, 0.25) is 0 Å². The van der Waals surface area contributed by atoms with Crippen molar-refractivity contribution in [2.75, 3.05) is 4.90 Å². The lowest BCUT2D eigenvalue weighted by atomic mass is 9.67. The summed E-state index contributed by atoms with van der Waals surface area (Å²) >= 11 is 0. The lowest BCUT2D eigenvalue weighted by Crippen LogP contribution is -2.28. The Balaban J connectivity index is 1.06. The van der Waals surface area contributed by atoms with E-state index in [1.165, 1.54) is 27.8 Å². The Morgan fingerprint density at radius 1 is 0.352 bits per heavy atom. The maximum atomic E-state index is 8.40. The van der Waals surface area contributed by atoms with Crippen LogP contribution in [0.2, 0.25) is 0 Å². The molecular formula is C53H39N. The number of fused-ring (bicyclic) bond motifs is 5. The molecule has 0 saturated carbocycles. The van der Waals surface area contributed by atoms with Crippen molar-refractivity contribution >= 4 is 17.1 Å². The van der Waals surface area contributed by atoms with E-state index in [-0.39, 0.29) is 0 Å².